The van der Waals surface area contributed by atoms with Gasteiger partial charge in [0.2, 0.25) is 0 Å². The predicted molar refractivity (Wildman–Crippen MR) is 133 cm³/mol. The maximum Gasteiger partial charge on any atom is 0.302 e. The first-order chi connectivity index (χ1) is 15.1. The van der Waals surface area contributed by atoms with Crippen molar-refractivity contribution >= 4 is 5.97 Å². The Bertz CT molecular complexity index is 817. The molecule has 0 aromatic carbocycles. The first-order valence-electron chi connectivity index (χ1n) is 13.3. The quantitative estimate of drug-likeness (QED) is 0.322. The van der Waals surface area contributed by atoms with Crippen molar-refractivity contribution in [3.8, 4) is 0 Å². The number of esters is 1. The minimum Gasteiger partial charge on any atom is -0.463 e. The summed E-state index contributed by atoms with van der Waals surface area (Å²) >= 11 is 0. The summed E-state index contributed by atoms with van der Waals surface area (Å²) in [7, 11) is 0. The number of rotatable bonds is 5. The summed E-state index contributed by atoms with van der Waals surface area (Å²) in [6, 6.07) is 0. The van der Waals surface area contributed by atoms with Gasteiger partial charge in [0.15, 0.2) is 0 Å². The Kier molecular flexibility index (Phi) is 6.56. The van der Waals surface area contributed by atoms with Crippen LogP contribution in [0.25, 0.3) is 0 Å². The molecule has 0 spiro atoms. The highest BCUT2D eigenvalue weighted by Gasteiger charge is 2.55. The minimum absolute atomic E-state index is 0.117. The number of fused-ring (bicyclic) bond motifs is 5. The molecular formula is C30H46O2. The van der Waals surface area contributed by atoms with Crippen LogP contribution in [0.1, 0.15) is 93.4 Å². The molecule has 0 aromatic heterocycles. The summed E-state index contributed by atoms with van der Waals surface area (Å²) in [6.07, 6.45) is 18.6. The molecule has 2 heteroatoms. The molecule has 2 nitrogen and oxygen atoms in total. The van der Waals surface area contributed by atoms with Gasteiger partial charge in [-0.05, 0) is 102 Å². The molecule has 0 radical (unpaired) electrons. The zero-order chi connectivity index (χ0) is 23.3. The predicted octanol–water partition coefficient (Wildman–Crippen LogP) is 7.90. The Morgan fingerprint density at radius 1 is 1.09 bits per heavy atom. The number of allylic oxidation sites excluding steroid dienone is 6. The summed E-state index contributed by atoms with van der Waals surface area (Å²) in [6.45, 7) is 16.1. The van der Waals surface area contributed by atoms with Crippen LogP contribution >= 0.6 is 0 Å². The molecule has 4 aliphatic carbocycles. The van der Waals surface area contributed by atoms with Crippen molar-refractivity contribution in [3.63, 3.8) is 0 Å². The lowest BCUT2D eigenvalue weighted by Crippen LogP contribution is -2.45. The van der Waals surface area contributed by atoms with Crippen molar-refractivity contribution in [2.75, 3.05) is 0 Å². The fourth-order valence-corrected chi connectivity index (χ4v) is 7.76. The summed E-state index contributed by atoms with van der Waals surface area (Å²) in [5.41, 5.74) is 4.00. The van der Waals surface area contributed by atoms with Crippen LogP contribution in [-0.4, -0.2) is 12.1 Å². The summed E-state index contributed by atoms with van der Waals surface area (Å²) in [5, 5.41) is 0. The highest BCUT2D eigenvalue weighted by atomic mass is 16.5. The molecule has 0 aromatic rings. The van der Waals surface area contributed by atoms with Crippen LogP contribution in [0.3, 0.4) is 0 Å². The lowest BCUT2D eigenvalue weighted by Gasteiger charge is -2.53. The number of carbonyl (C=O) groups is 1. The minimum atomic E-state index is -0.124. The van der Waals surface area contributed by atoms with Crippen LogP contribution in [-0.2, 0) is 9.53 Å². The SMILES string of the molecule is CC(=O)OC1CCC2(C)C3=CCC4(C)C(CCC4C(C)/C=C/C(C)C(C)C)C3=CCC2C1. The third kappa shape index (κ3) is 4.05. The highest BCUT2D eigenvalue weighted by molar-refractivity contribution is 5.66. The van der Waals surface area contributed by atoms with E-state index in [1.807, 2.05) is 0 Å². The Hall–Kier alpha value is -1.31. The Morgan fingerprint density at radius 2 is 1.84 bits per heavy atom. The van der Waals surface area contributed by atoms with Crippen LogP contribution in [0, 0.1) is 46.3 Å². The molecule has 0 amide bonds. The molecule has 4 aliphatic rings. The van der Waals surface area contributed by atoms with E-state index in [9.17, 15) is 4.79 Å². The van der Waals surface area contributed by atoms with E-state index in [4.69, 9.17) is 4.74 Å². The lowest BCUT2D eigenvalue weighted by atomic mass is 9.51. The van der Waals surface area contributed by atoms with Crippen molar-refractivity contribution in [2.24, 2.45) is 46.3 Å². The molecule has 8 atom stereocenters. The van der Waals surface area contributed by atoms with Crippen molar-refractivity contribution in [1.29, 1.82) is 0 Å². The van der Waals surface area contributed by atoms with Crippen molar-refractivity contribution in [1.82, 2.24) is 0 Å². The van der Waals surface area contributed by atoms with E-state index in [1.165, 1.54) is 19.3 Å². The van der Waals surface area contributed by atoms with E-state index >= 15 is 0 Å². The summed E-state index contributed by atoms with van der Waals surface area (Å²) in [4.78, 5) is 11.5. The number of ether oxygens (including phenoxy) is 1. The molecule has 8 unspecified atom stereocenters. The number of hydrogen-bond donors (Lipinski definition) is 0. The van der Waals surface area contributed by atoms with Crippen molar-refractivity contribution < 1.29 is 9.53 Å². The molecule has 0 aliphatic heterocycles. The van der Waals surface area contributed by atoms with Crippen LogP contribution in [0.2, 0.25) is 0 Å². The highest BCUT2D eigenvalue weighted by Crippen LogP contribution is 2.64. The largest absolute Gasteiger partial charge is 0.463 e. The third-order valence-electron chi connectivity index (χ3n) is 10.3. The van der Waals surface area contributed by atoms with Gasteiger partial charge in [-0.1, -0.05) is 65.8 Å². The molecule has 4 rings (SSSR count). The van der Waals surface area contributed by atoms with Gasteiger partial charge in [0.05, 0.1) is 0 Å². The second-order valence-electron chi connectivity index (χ2n) is 12.4. The average molecular weight is 439 g/mol. The van der Waals surface area contributed by atoms with Gasteiger partial charge in [-0.2, -0.15) is 0 Å². The van der Waals surface area contributed by atoms with Crippen molar-refractivity contribution in [3.05, 3.63) is 35.5 Å². The van der Waals surface area contributed by atoms with E-state index in [-0.39, 0.29) is 17.5 Å². The molecule has 2 fully saturated rings. The third-order valence-corrected chi connectivity index (χ3v) is 10.3. The zero-order valence-corrected chi connectivity index (χ0v) is 21.6. The average Bonchev–Trinajstić information content (AvgIpc) is 3.08. The number of carbonyl (C=O) groups excluding carboxylic acids is 1. The van der Waals surface area contributed by atoms with Gasteiger partial charge < -0.3 is 4.74 Å². The standard InChI is InChI=1S/C30H46O2/c1-19(2)20(3)8-9-21(4)26-12-13-27-25-11-10-23-18-24(32-22(5)31)14-16-29(23,6)28(25)15-17-30(26,27)7/h8-9,11,15,19-21,23-24,26-27H,10,12-14,16-18H2,1-7H3/b9-8+. The van der Waals surface area contributed by atoms with Crippen LogP contribution < -0.4 is 0 Å². The Morgan fingerprint density at radius 3 is 2.53 bits per heavy atom. The van der Waals surface area contributed by atoms with Gasteiger partial charge in [-0.3, -0.25) is 4.79 Å². The van der Waals surface area contributed by atoms with Crippen LogP contribution in [0.5, 0.6) is 0 Å². The second kappa shape index (κ2) is 8.80. The van der Waals surface area contributed by atoms with Crippen LogP contribution in [0.15, 0.2) is 35.5 Å². The van der Waals surface area contributed by atoms with Gasteiger partial charge in [0, 0.05) is 6.92 Å². The maximum absolute atomic E-state index is 11.5. The maximum atomic E-state index is 11.5. The molecule has 0 N–H and O–H groups in total. The first-order valence-corrected chi connectivity index (χ1v) is 13.3. The van der Waals surface area contributed by atoms with E-state index in [1.54, 1.807) is 18.1 Å². The van der Waals surface area contributed by atoms with E-state index in [2.05, 4.69) is 65.8 Å². The van der Waals surface area contributed by atoms with E-state index in [0.29, 0.717) is 29.1 Å². The van der Waals surface area contributed by atoms with Crippen molar-refractivity contribution in [2.45, 2.75) is 99.5 Å². The molecular weight excluding hydrogens is 392 g/mol. The number of hydrogen-bond acceptors (Lipinski definition) is 2. The van der Waals surface area contributed by atoms with Gasteiger partial charge in [-0.25, -0.2) is 0 Å². The first kappa shape index (κ1) is 23.8. The van der Waals surface area contributed by atoms with E-state index < -0.39 is 0 Å². The molecule has 178 valence electrons. The molecule has 2 saturated carbocycles. The fourth-order valence-electron chi connectivity index (χ4n) is 7.76. The smallest absolute Gasteiger partial charge is 0.302 e. The fraction of sp³-hybridized carbons (Fsp3) is 0.767. The molecule has 0 saturated heterocycles. The Balaban J connectivity index is 1.54. The molecule has 0 bridgehead atoms. The van der Waals surface area contributed by atoms with Gasteiger partial charge in [0.1, 0.15) is 6.10 Å². The van der Waals surface area contributed by atoms with Gasteiger partial charge in [0.25, 0.3) is 0 Å². The summed E-state index contributed by atoms with van der Waals surface area (Å²) in [5.74, 6) is 3.98. The van der Waals surface area contributed by atoms with Crippen LogP contribution in [0.4, 0.5) is 0 Å². The normalized spacial score (nSPS) is 40.8. The van der Waals surface area contributed by atoms with Gasteiger partial charge >= 0.3 is 5.97 Å². The summed E-state index contributed by atoms with van der Waals surface area (Å²) < 4.78 is 5.62. The van der Waals surface area contributed by atoms with Gasteiger partial charge in [-0.15, -0.1) is 0 Å². The topological polar surface area (TPSA) is 26.3 Å². The molecule has 0 heterocycles. The molecule has 32 heavy (non-hydrogen) atoms. The Labute approximate surface area is 197 Å². The lowest BCUT2D eigenvalue weighted by molar-refractivity contribution is -0.150. The van der Waals surface area contributed by atoms with E-state index in [0.717, 1.165) is 37.5 Å². The zero-order valence-electron chi connectivity index (χ0n) is 21.6. The second-order valence-corrected chi connectivity index (χ2v) is 12.4. The monoisotopic (exact) mass is 438 g/mol.